The Balaban J connectivity index is 1.59. The van der Waals surface area contributed by atoms with E-state index in [0.29, 0.717) is 22.6 Å². The summed E-state index contributed by atoms with van der Waals surface area (Å²) in [5, 5.41) is 2.79. The van der Waals surface area contributed by atoms with Crippen molar-refractivity contribution in [2.45, 2.75) is 6.92 Å². The molecular formula is C21H23N3O4. The van der Waals surface area contributed by atoms with Crippen LogP contribution in [0.4, 0.5) is 5.69 Å². The Morgan fingerprint density at radius 1 is 0.857 bits per heavy atom. The lowest BCUT2D eigenvalue weighted by Gasteiger charge is -2.32. The van der Waals surface area contributed by atoms with Gasteiger partial charge >= 0.3 is 5.97 Å². The van der Waals surface area contributed by atoms with Gasteiger partial charge in [0.2, 0.25) is 0 Å². The summed E-state index contributed by atoms with van der Waals surface area (Å²) in [6.45, 7) is 4.50. The van der Waals surface area contributed by atoms with E-state index in [1.807, 2.05) is 11.9 Å². The first kappa shape index (κ1) is 19.6. The van der Waals surface area contributed by atoms with E-state index in [0.717, 1.165) is 26.2 Å². The molecular weight excluding hydrogens is 358 g/mol. The van der Waals surface area contributed by atoms with E-state index in [2.05, 4.69) is 10.2 Å². The van der Waals surface area contributed by atoms with Gasteiger partial charge in [-0.1, -0.05) is 0 Å². The van der Waals surface area contributed by atoms with Gasteiger partial charge in [-0.05, 0) is 55.6 Å². The fourth-order valence-electron chi connectivity index (χ4n) is 2.93. The molecule has 0 aliphatic carbocycles. The van der Waals surface area contributed by atoms with Crippen LogP contribution < -0.4 is 10.1 Å². The number of piperazine rings is 1. The zero-order chi connectivity index (χ0) is 20.1. The molecule has 1 heterocycles. The average molecular weight is 381 g/mol. The Bertz CT molecular complexity index is 854. The van der Waals surface area contributed by atoms with Crippen molar-refractivity contribution in [1.82, 2.24) is 9.80 Å². The molecule has 7 nitrogen and oxygen atoms in total. The smallest absolute Gasteiger partial charge is 0.308 e. The number of hydrogen-bond donors (Lipinski definition) is 1. The molecule has 146 valence electrons. The van der Waals surface area contributed by atoms with Gasteiger partial charge in [0, 0.05) is 49.9 Å². The third kappa shape index (κ3) is 4.95. The lowest BCUT2D eigenvalue weighted by molar-refractivity contribution is -0.131. The number of carbonyl (C=O) groups is 3. The molecule has 1 aliphatic heterocycles. The van der Waals surface area contributed by atoms with Crippen molar-refractivity contribution < 1.29 is 19.1 Å². The fraction of sp³-hybridized carbons (Fsp3) is 0.286. The van der Waals surface area contributed by atoms with Gasteiger partial charge in [-0.25, -0.2) is 0 Å². The number of ether oxygens (including phenoxy) is 1. The molecule has 0 atom stereocenters. The van der Waals surface area contributed by atoms with Gasteiger partial charge in [0.1, 0.15) is 5.75 Å². The van der Waals surface area contributed by atoms with Gasteiger partial charge in [0.25, 0.3) is 11.8 Å². The number of nitrogens with one attached hydrogen (secondary N) is 1. The fourth-order valence-corrected chi connectivity index (χ4v) is 2.93. The summed E-state index contributed by atoms with van der Waals surface area (Å²) in [5.41, 5.74) is 1.64. The van der Waals surface area contributed by atoms with E-state index < -0.39 is 5.97 Å². The molecule has 1 N–H and O–H groups in total. The molecule has 2 aromatic rings. The van der Waals surface area contributed by atoms with Gasteiger partial charge in [-0.2, -0.15) is 0 Å². The van der Waals surface area contributed by atoms with E-state index in [9.17, 15) is 14.4 Å². The second-order valence-electron chi connectivity index (χ2n) is 6.74. The summed E-state index contributed by atoms with van der Waals surface area (Å²) in [5.74, 6) is -0.307. The molecule has 0 aromatic heterocycles. The largest absolute Gasteiger partial charge is 0.427 e. The van der Waals surface area contributed by atoms with Crippen LogP contribution in [0.15, 0.2) is 48.5 Å². The maximum atomic E-state index is 12.6. The standard InChI is InChI=1S/C21H23N3O4/c1-15(25)28-19-9-5-16(6-10-19)20(26)22-18-7-3-17(4-8-18)21(27)24-13-11-23(2)12-14-24/h3-10H,11-14H2,1-2H3,(H,22,26). The van der Waals surface area contributed by atoms with Crippen LogP contribution in [0, 0.1) is 0 Å². The highest BCUT2D eigenvalue weighted by Crippen LogP contribution is 2.16. The lowest BCUT2D eigenvalue weighted by Crippen LogP contribution is -2.47. The Hall–Kier alpha value is -3.19. The molecule has 0 saturated carbocycles. The summed E-state index contributed by atoms with van der Waals surface area (Å²) in [6.07, 6.45) is 0. The molecule has 0 bridgehead atoms. The molecule has 0 spiro atoms. The van der Waals surface area contributed by atoms with Gasteiger partial charge in [0.05, 0.1) is 0 Å². The number of esters is 1. The third-order valence-electron chi connectivity index (χ3n) is 4.56. The number of likely N-dealkylation sites (N-methyl/N-ethyl adjacent to an activating group) is 1. The summed E-state index contributed by atoms with van der Waals surface area (Å²) < 4.78 is 4.95. The molecule has 28 heavy (non-hydrogen) atoms. The Morgan fingerprint density at radius 3 is 2.00 bits per heavy atom. The van der Waals surface area contributed by atoms with E-state index in [1.165, 1.54) is 6.92 Å². The van der Waals surface area contributed by atoms with Crippen molar-refractivity contribution in [1.29, 1.82) is 0 Å². The zero-order valence-corrected chi connectivity index (χ0v) is 16.0. The predicted molar refractivity (Wildman–Crippen MR) is 106 cm³/mol. The minimum absolute atomic E-state index is 0.00652. The number of anilines is 1. The van der Waals surface area contributed by atoms with Gasteiger partial charge in [-0.3, -0.25) is 14.4 Å². The first-order valence-electron chi connectivity index (χ1n) is 9.10. The first-order chi connectivity index (χ1) is 13.4. The van der Waals surface area contributed by atoms with E-state index in [-0.39, 0.29) is 11.8 Å². The normalized spacial score (nSPS) is 14.4. The highest BCUT2D eigenvalue weighted by Gasteiger charge is 2.20. The van der Waals surface area contributed by atoms with Crippen LogP contribution in [0.1, 0.15) is 27.6 Å². The molecule has 0 radical (unpaired) electrons. The predicted octanol–water partition coefficient (Wildman–Crippen LogP) is 2.25. The van der Waals surface area contributed by atoms with E-state index in [4.69, 9.17) is 4.74 Å². The van der Waals surface area contributed by atoms with Gasteiger partial charge in [-0.15, -0.1) is 0 Å². The van der Waals surface area contributed by atoms with Crippen LogP contribution >= 0.6 is 0 Å². The SMILES string of the molecule is CC(=O)Oc1ccc(C(=O)Nc2ccc(C(=O)N3CCN(C)CC3)cc2)cc1. The molecule has 2 amide bonds. The Kier molecular flexibility index (Phi) is 6.06. The molecule has 2 aromatic carbocycles. The van der Waals surface area contributed by atoms with Crippen molar-refractivity contribution in [2.24, 2.45) is 0 Å². The maximum Gasteiger partial charge on any atom is 0.308 e. The topological polar surface area (TPSA) is 78.9 Å². The molecule has 3 rings (SSSR count). The number of benzene rings is 2. The molecule has 1 saturated heterocycles. The van der Waals surface area contributed by atoms with Gasteiger partial charge < -0.3 is 19.9 Å². The number of rotatable bonds is 4. The summed E-state index contributed by atoms with van der Waals surface area (Å²) in [4.78, 5) is 39.9. The van der Waals surface area contributed by atoms with Crippen LogP contribution in [0.5, 0.6) is 5.75 Å². The van der Waals surface area contributed by atoms with Crippen molar-refractivity contribution in [3.05, 3.63) is 59.7 Å². The van der Waals surface area contributed by atoms with Gasteiger partial charge in [0.15, 0.2) is 0 Å². The second-order valence-corrected chi connectivity index (χ2v) is 6.74. The minimum atomic E-state index is -0.414. The first-order valence-corrected chi connectivity index (χ1v) is 9.10. The van der Waals surface area contributed by atoms with Crippen LogP contribution in [-0.4, -0.2) is 60.8 Å². The van der Waals surface area contributed by atoms with Crippen molar-refractivity contribution >= 4 is 23.5 Å². The van der Waals surface area contributed by atoms with E-state index in [1.54, 1.807) is 48.5 Å². The highest BCUT2D eigenvalue weighted by molar-refractivity contribution is 6.04. The monoisotopic (exact) mass is 381 g/mol. The third-order valence-corrected chi connectivity index (χ3v) is 4.56. The van der Waals surface area contributed by atoms with Crippen molar-refractivity contribution in [3.63, 3.8) is 0 Å². The number of carbonyl (C=O) groups excluding carboxylic acids is 3. The minimum Gasteiger partial charge on any atom is -0.427 e. The van der Waals surface area contributed by atoms with Crippen molar-refractivity contribution in [3.8, 4) is 5.75 Å². The quantitative estimate of drug-likeness (QED) is 0.649. The van der Waals surface area contributed by atoms with Crippen molar-refractivity contribution in [2.75, 3.05) is 38.5 Å². The van der Waals surface area contributed by atoms with Crippen LogP contribution in [-0.2, 0) is 4.79 Å². The average Bonchev–Trinajstić information content (AvgIpc) is 2.69. The lowest BCUT2D eigenvalue weighted by atomic mass is 10.1. The molecule has 0 unspecified atom stereocenters. The highest BCUT2D eigenvalue weighted by atomic mass is 16.5. The number of hydrogen-bond acceptors (Lipinski definition) is 5. The van der Waals surface area contributed by atoms with Crippen LogP contribution in [0.3, 0.4) is 0 Å². The Morgan fingerprint density at radius 2 is 1.43 bits per heavy atom. The molecule has 1 aliphatic rings. The number of nitrogens with zero attached hydrogens (tertiary/aromatic N) is 2. The van der Waals surface area contributed by atoms with Crippen LogP contribution in [0.25, 0.3) is 0 Å². The molecule has 7 heteroatoms. The van der Waals surface area contributed by atoms with E-state index >= 15 is 0 Å². The summed E-state index contributed by atoms with van der Waals surface area (Å²) in [6, 6.07) is 13.2. The molecule has 1 fully saturated rings. The Labute approximate surface area is 163 Å². The summed E-state index contributed by atoms with van der Waals surface area (Å²) >= 11 is 0. The maximum absolute atomic E-state index is 12.6. The van der Waals surface area contributed by atoms with Crippen LogP contribution in [0.2, 0.25) is 0 Å². The number of amides is 2. The summed E-state index contributed by atoms with van der Waals surface area (Å²) in [7, 11) is 2.04. The second kappa shape index (κ2) is 8.67. The zero-order valence-electron chi connectivity index (χ0n) is 16.0.